The Labute approximate surface area is 136 Å². The summed E-state index contributed by atoms with van der Waals surface area (Å²) in [5.41, 5.74) is 3.86. The minimum absolute atomic E-state index is 0.197. The van der Waals surface area contributed by atoms with Gasteiger partial charge in [0.05, 0.1) is 0 Å². The van der Waals surface area contributed by atoms with Gasteiger partial charge < -0.3 is 5.32 Å². The standard InChI is InChI=1S/C18H23N3O2/c1-6-16(21-14(5)10-13(4)19-18(21)23)17(22)20-15-9-11(2)7-8-12(15)3/h7-10,16H,6H2,1-5H3,(H,20,22). The lowest BCUT2D eigenvalue weighted by molar-refractivity contribution is -0.119. The second-order valence-electron chi connectivity index (χ2n) is 5.92. The average Bonchev–Trinajstić information content (AvgIpc) is 2.46. The Bertz CT molecular complexity index is 793. The van der Waals surface area contributed by atoms with Crippen molar-refractivity contribution in [3.63, 3.8) is 0 Å². The summed E-state index contributed by atoms with van der Waals surface area (Å²) in [5.74, 6) is -0.197. The van der Waals surface area contributed by atoms with Gasteiger partial charge in [0, 0.05) is 17.1 Å². The molecular weight excluding hydrogens is 290 g/mol. The van der Waals surface area contributed by atoms with Crippen molar-refractivity contribution in [3.8, 4) is 0 Å². The average molecular weight is 313 g/mol. The van der Waals surface area contributed by atoms with Crippen LogP contribution in [-0.2, 0) is 4.79 Å². The van der Waals surface area contributed by atoms with Crippen molar-refractivity contribution in [2.24, 2.45) is 0 Å². The minimum Gasteiger partial charge on any atom is -0.324 e. The monoisotopic (exact) mass is 313 g/mol. The molecule has 5 heteroatoms. The third-order valence-electron chi connectivity index (χ3n) is 3.93. The number of carbonyl (C=O) groups is 1. The number of anilines is 1. The van der Waals surface area contributed by atoms with Crippen molar-refractivity contribution in [1.29, 1.82) is 0 Å². The van der Waals surface area contributed by atoms with E-state index >= 15 is 0 Å². The van der Waals surface area contributed by atoms with Crippen molar-refractivity contribution >= 4 is 11.6 Å². The summed E-state index contributed by atoms with van der Waals surface area (Å²) >= 11 is 0. The van der Waals surface area contributed by atoms with Gasteiger partial charge >= 0.3 is 5.69 Å². The van der Waals surface area contributed by atoms with E-state index in [0.717, 1.165) is 22.5 Å². The molecule has 0 fully saturated rings. The molecule has 1 N–H and O–H groups in total. The van der Waals surface area contributed by atoms with E-state index in [1.54, 1.807) is 6.92 Å². The van der Waals surface area contributed by atoms with Crippen LogP contribution in [0, 0.1) is 27.7 Å². The summed E-state index contributed by atoms with van der Waals surface area (Å²) in [5, 5.41) is 2.94. The molecule has 0 bridgehead atoms. The van der Waals surface area contributed by atoms with E-state index in [2.05, 4.69) is 10.3 Å². The first kappa shape index (κ1) is 16.9. The number of amides is 1. The molecule has 0 spiro atoms. The first-order valence-corrected chi connectivity index (χ1v) is 7.78. The zero-order chi connectivity index (χ0) is 17.1. The zero-order valence-corrected chi connectivity index (χ0v) is 14.3. The number of hydrogen-bond donors (Lipinski definition) is 1. The van der Waals surface area contributed by atoms with Gasteiger partial charge in [0.2, 0.25) is 5.91 Å². The number of aromatic nitrogens is 2. The number of benzene rings is 1. The third kappa shape index (κ3) is 3.67. The SMILES string of the molecule is CCC(C(=O)Nc1cc(C)ccc1C)n1c(C)cc(C)nc1=O. The van der Waals surface area contributed by atoms with E-state index in [-0.39, 0.29) is 11.6 Å². The minimum atomic E-state index is -0.574. The van der Waals surface area contributed by atoms with Gasteiger partial charge in [-0.3, -0.25) is 9.36 Å². The maximum absolute atomic E-state index is 12.7. The molecule has 0 saturated heterocycles. The van der Waals surface area contributed by atoms with Crippen LogP contribution < -0.4 is 11.0 Å². The first-order valence-electron chi connectivity index (χ1n) is 7.78. The normalized spacial score (nSPS) is 12.0. The molecule has 122 valence electrons. The van der Waals surface area contributed by atoms with Gasteiger partial charge in [-0.15, -0.1) is 0 Å². The number of aryl methyl sites for hydroxylation is 4. The predicted octanol–water partition coefficient (Wildman–Crippen LogP) is 3.07. The van der Waals surface area contributed by atoms with Crippen LogP contribution in [0.4, 0.5) is 5.69 Å². The van der Waals surface area contributed by atoms with Crippen molar-refractivity contribution in [1.82, 2.24) is 9.55 Å². The Hall–Kier alpha value is -2.43. The van der Waals surface area contributed by atoms with Crippen LogP contribution in [-0.4, -0.2) is 15.5 Å². The van der Waals surface area contributed by atoms with Crippen LogP contribution in [0.3, 0.4) is 0 Å². The molecule has 0 saturated carbocycles. The molecule has 23 heavy (non-hydrogen) atoms. The second-order valence-corrected chi connectivity index (χ2v) is 5.92. The Balaban J connectivity index is 2.36. The van der Waals surface area contributed by atoms with Gasteiger partial charge in [0.15, 0.2) is 0 Å². The molecule has 0 radical (unpaired) electrons. The lowest BCUT2D eigenvalue weighted by Crippen LogP contribution is -2.36. The molecule has 0 aliphatic carbocycles. The number of rotatable bonds is 4. The lowest BCUT2D eigenvalue weighted by atomic mass is 10.1. The maximum atomic E-state index is 12.7. The maximum Gasteiger partial charge on any atom is 0.348 e. The van der Waals surface area contributed by atoms with Crippen molar-refractivity contribution < 1.29 is 4.79 Å². The van der Waals surface area contributed by atoms with Gasteiger partial charge in [-0.05, 0) is 57.4 Å². The van der Waals surface area contributed by atoms with E-state index in [0.29, 0.717) is 12.1 Å². The largest absolute Gasteiger partial charge is 0.348 e. The summed E-state index contributed by atoms with van der Waals surface area (Å²) in [7, 11) is 0. The topological polar surface area (TPSA) is 64.0 Å². The second kappa shape index (κ2) is 6.77. The van der Waals surface area contributed by atoms with Crippen molar-refractivity contribution in [3.05, 3.63) is 57.3 Å². The molecular formula is C18H23N3O2. The summed E-state index contributed by atoms with van der Waals surface area (Å²) in [4.78, 5) is 28.9. The van der Waals surface area contributed by atoms with Gasteiger partial charge in [-0.1, -0.05) is 19.1 Å². The van der Waals surface area contributed by atoms with Gasteiger partial charge in [-0.25, -0.2) is 4.79 Å². The fourth-order valence-electron chi connectivity index (χ4n) is 2.71. The summed E-state index contributed by atoms with van der Waals surface area (Å²) < 4.78 is 1.47. The number of nitrogens with one attached hydrogen (secondary N) is 1. The van der Waals surface area contributed by atoms with E-state index in [1.807, 2.05) is 52.0 Å². The van der Waals surface area contributed by atoms with Gasteiger partial charge in [-0.2, -0.15) is 4.98 Å². The Morgan fingerprint density at radius 1 is 1.22 bits per heavy atom. The molecule has 1 amide bonds. The van der Waals surface area contributed by atoms with E-state index in [1.165, 1.54) is 4.57 Å². The summed E-state index contributed by atoms with van der Waals surface area (Å²) in [6.45, 7) is 9.41. The summed E-state index contributed by atoms with van der Waals surface area (Å²) in [6.07, 6.45) is 0.516. The van der Waals surface area contributed by atoms with Crippen molar-refractivity contribution in [2.75, 3.05) is 5.32 Å². The Morgan fingerprint density at radius 3 is 2.52 bits per heavy atom. The van der Waals surface area contributed by atoms with Gasteiger partial charge in [0.1, 0.15) is 6.04 Å². The number of hydrogen-bond acceptors (Lipinski definition) is 3. The van der Waals surface area contributed by atoms with Crippen LogP contribution >= 0.6 is 0 Å². The molecule has 0 aliphatic heterocycles. The highest BCUT2D eigenvalue weighted by molar-refractivity contribution is 5.94. The zero-order valence-electron chi connectivity index (χ0n) is 14.3. The summed E-state index contributed by atoms with van der Waals surface area (Å²) in [6, 6.07) is 7.14. The predicted molar refractivity (Wildman–Crippen MR) is 91.8 cm³/mol. The Morgan fingerprint density at radius 2 is 1.91 bits per heavy atom. The Kier molecular flexibility index (Phi) is 4.98. The molecule has 2 rings (SSSR count). The van der Waals surface area contributed by atoms with Crippen LogP contribution in [0.2, 0.25) is 0 Å². The fourth-order valence-corrected chi connectivity index (χ4v) is 2.71. The molecule has 1 atom stereocenters. The quantitative estimate of drug-likeness (QED) is 0.943. The number of nitrogens with zero attached hydrogens (tertiary/aromatic N) is 2. The highest BCUT2D eigenvalue weighted by Crippen LogP contribution is 2.20. The first-order chi connectivity index (χ1) is 10.8. The molecule has 1 unspecified atom stereocenters. The smallest absolute Gasteiger partial charge is 0.324 e. The van der Waals surface area contributed by atoms with Crippen LogP contribution in [0.15, 0.2) is 29.1 Å². The molecule has 1 aromatic heterocycles. The van der Waals surface area contributed by atoms with Crippen LogP contribution in [0.25, 0.3) is 0 Å². The van der Waals surface area contributed by atoms with Crippen molar-refractivity contribution in [2.45, 2.75) is 47.1 Å². The molecule has 2 aromatic rings. The fraction of sp³-hybridized carbons (Fsp3) is 0.389. The lowest BCUT2D eigenvalue weighted by Gasteiger charge is -2.20. The van der Waals surface area contributed by atoms with Crippen LogP contribution in [0.5, 0.6) is 0 Å². The van der Waals surface area contributed by atoms with Crippen LogP contribution in [0.1, 0.15) is 41.9 Å². The molecule has 5 nitrogen and oxygen atoms in total. The highest BCUT2D eigenvalue weighted by Gasteiger charge is 2.22. The van der Waals surface area contributed by atoms with E-state index < -0.39 is 6.04 Å². The molecule has 1 aromatic carbocycles. The highest BCUT2D eigenvalue weighted by atomic mass is 16.2. The van der Waals surface area contributed by atoms with Gasteiger partial charge in [0.25, 0.3) is 0 Å². The molecule has 0 aliphatic rings. The number of carbonyl (C=O) groups excluding carboxylic acids is 1. The van der Waals surface area contributed by atoms with E-state index in [4.69, 9.17) is 0 Å². The third-order valence-corrected chi connectivity index (χ3v) is 3.93. The van der Waals surface area contributed by atoms with E-state index in [9.17, 15) is 9.59 Å². The molecule has 1 heterocycles.